The third-order valence-corrected chi connectivity index (χ3v) is 3.36. The van der Waals surface area contributed by atoms with E-state index in [0.29, 0.717) is 11.1 Å². The lowest BCUT2D eigenvalue weighted by molar-refractivity contribution is 0.240. The van der Waals surface area contributed by atoms with E-state index in [9.17, 15) is 9.50 Å². The van der Waals surface area contributed by atoms with Gasteiger partial charge in [-0.15, -0.1) is 0 Å². The smallest absolute Gasteiger partial charge is 0.194 e. The van der Waals surface area contributed by atoms with Crippen LogP contribution in [-0.2, 0) is 5.54 Å². The van der Waals surface area contributed by atoms with Gasteiger partial charge in [0, 0.05) is 11.1 Å². The first-order chi connectivity index (χ1) is 7.49. The van der Waals surface area contributed by atoms with Gasteiger partial charge in [0.2, 0.25) is 0 Å². The van der Waals surface area contributed by atoms with E-state index in [-0.39, 0.29) is 5.75 Å². The zero-order valence-electron chi connectivity index (χ0n) is 9.51. The highest BCUT2D eigenvalue weighted by Crippen LogP contribution is 2.44. The molecule has 0 bridgehead atoms. The van der Waals surface area contributed by atoms with Crippen LogP contribution in [-0.4, -0.2) is 12.2 Å². The van der Waals surface area contributed by atoms with Gasteiger partial charge in [-0.2, -0.15) is 0 Å². The first-order valence-corrected chi connectivity index (χ1v) is 5.35. The number of rotatable bonds is 2. The number of phenols is 1. The summed E-state index contributed by atoms with van der Waals surface area (Å²) in [5.74, 6) is -0.900. The van der Waals surface area contributed by atoms with Crippen molar-refractivity contribution in [3.63, 3.8) is 0 Å². The molecule has 0 aliphatic heterocycles. The molecule has 4 heteroatoms. The molecule has 3 N–H and O–H groups in total. The quantitative estimate of drug-likeness (QED) is 0.811. The van der Waals surface area contributed by atoms with Crippen molar-refractivity contribution in [3.05, 3.63) is 23.0 Å². The van der Waals surface area contributed by atoms with Crippen LogP contribution in [0.3, 0.4) is 0 Å². The van der Waals surface area contributed by atoms with Crippen molar-refractivity contribution in [1.82, 2.24) is 0 Å². The minimum Gasteiger partial charge on any atom is -0.502 e. The first kappa shape index (κ1) is 11.2. The highest BCUT2D eigenvalue weighted by molar-refractivity contribution is 5.51. The van der Waals surface area contributed by atoms with Gasteiger partial charge in [0.25, 0.3) is 0 Å². The lowest BCUT2D eigenvalue weighted by atomic mass is 9.72. The summed E-state index contributed by atoms with van der Waals surface area (Å²) < 4.78 is 18.9. The molecule has 2 rings (SSSR count). The Kier molecular flexibility index (Phi) is 2.54. The predicted octanol–water partition coefficient (Wildman–Crippen LogP) is 2.19. The monoisotopic (exact) mass is 225 g/mol. The van der Waals surface area contributed by atoms with Crippen LogP contribution in [0.2, 0.25) is 0 Å². The van der Waals surface area contributed by atoms with Crippen LogP contribution in [0.5, 0.6) is 11.5 Å². The Morgan fingerprint density at radius 1 is 1.50 bits per heavy atom. The van der Waals surface area contributed by atoms with Crippen LogP contribution in [0.25, 0.3) is 0 Å². The number of methoxy groups -OCH3 is 1. The highest BCUT2D eigenvalue weighted by atomic mass is 19.1. The fourth-order valence-corrected chi connectivity index (χ4v) is 2.21. The second-order valence-corrected chi connectivity index (χ2v) is 4.45. The molecule has 0 unspecified atom stereocenters. The molecule has 88 valence electrons. The molecule has 3 nitrogen and oxygen atoms in total. The van der Waals surface area contributed by atoms with Gasteiger partial charge < -0.3 is 15.6 Å². The van der Waals surface area contributed by atoms with Crippen molar-refractivity contribution in [2.45, 2.75) is 31.7 Å². The highest BCUT2D eigenvalue weighted by Gasteiger charge is 2.38. The number of benzene rings is 1. The van der Waals surface area contributed by atoms with E-state index in [1.165, 1.54) is 7.11 Å². The Hall–Kier alpha value is -1.29. The number of ether oxygens (including phenoxy) is 1. The van der Waals surface area contributed by atoms with E-state index in [1.54, 1.807) is 13.0 Å². The molecule has 1 fully saturated rings. The fraction of sp³-hybridized carbons (Fsp3) is 0.500. The summed E-state index contributed by atoms with van der Waals surface area (Å²) in [5.41, 5.74) is 6.55. The number of nitrogens with two attached hydrogens (primary N) is 1. The van der Waals surface area contributed by atoms with E-state index in [1.807, 2.05) is 0 Å². The number of hydrogen-bond acceptors (Lipinski definition) is 3. The SMILES string of the molecule is COc1c(C)cc(C2(N)CCC2)c(F)c1O. The van der Waals surface area contributed by atoms with Crippen molar-refractivity contribution in [2.24, 2.45) is 5.73 Å². The molecule has 0 atom stereocenters. The molecule has 1 aromatic rings. The second-order valence-electron chi connectivity index (χ2n) is 4.45. The van der Waals surface area contributed by atoms with Crippen molar-refractivity contribution < 1.29 is 14.2 Å². The maximum absolute atomic E-state index is 13.9. The van der Waals surface area contributed by atoms with Crippen LogP contribution in [0.15, 0.2) is 6.07 Å². The molecule has 1 saturated carbocycles. The van der Waals surface area contributed by atoms with Crippen LogP contribution < -0.4 is 10.5 Å². The van der Waals surface area contributed by atoms with Gasteiger partial charge in [-0.05, 0) is 37.8 Å². The van der Waals surface area contributed by atoms with Crippen molar-refractivity contribution in [2.75, 3.05) is 7.11 Å². The standard InChI is InChI=1S/C12H16FNO2/c1-7-6-8(12(14)4-3-5-12)9(13)10(15)11(7)16-2/h6,15H,3-5,14H2,1-2H3. The maximum atomic E-state index is 13.9. The molecule has 0 amide bonds. The van der Waals surface area contributed by atoms with Crippen LogP contribution in [0.4, 0.5) is 4.39 Å². The Morgan fingerprint density at radius 2 is 2.12 bits per heavy atom. The van der Waals surface area contributed by atoms with E-state index in [2.05, 4.69) is 0 Å². The lowest BCUT2D eigenvalue weighted by Crippen LogP contribution is -2.44. The number of aryl methyl sites for hydroxylation is 1. The molecule has 0 radical (unpaired) electrons. The van der Waals surface area contributed by atoms with E-state index in [0.717, 1.165) is 19.3 Å². The molecule has 0 heterocycles. The molecule has 1 aromatic carbocycles. The molecule has 1 aliphatic carbocycles. The number of hydrogen-bond donors (Lipinski definition) is 2. The normalized spacial score (nSPS) is 18.0. The van der Waals surface area contributed by atoms with Crippen molar-refractivity contribution in [3.8, 4) is 11.5 Å². The topological polar surface area (TPSA) is 55.5 Å². The van der Waals surface area contributed by atoms with Gasteiger partial charge in [0.1, 0.15) is 0 Å². The first-order valence-electron chi connectivity index (χ1n) is 5.35. The average Bonchev–Trinajstić information content (AvgIpc) is 2.21. The molecular formula is C12H16FNO2. The largest absolute Gasteiger partial charge is 0.502 e. The lowest BCUT2D eigenvalue weighted by Gasteiger charge is -2.39. The zero-order chi connectivity index (χ0) is 11.9. The van der Waals surface area contributed by atoms with Gasteiger partial charge in [0.15, 0.2) is 17.3 Å². The van der Waals surface area contributed by atoms with Gasteiger partial charge >= 0.3 is 0 Å². The Bertz CT molecular complexity index is 428. The second kappa shape index (κ2) is 3.63. The Morgan fingerprint density at radius 3 is 2.56 bits per heavy atom. The third-order valence-electron chi connectivity index (χ3n) is 3.36. The fourth-order valence-electron chi connectivity index (χ4n) is 2.21. The Labute approximate surface area is 94.0 Å². The van der Waals surface area contributed by atoms with Crippen molar-refractivity contribution in [1.29, 1.82) is 0 Å². The summed E-state index contributed by atoms with van der Waals surface area (Å²) in [6.07, 6.45) is 2.52. The molecule has 16 heavy (non-hydrogen) atoms. The number of halogens is 1. The van der Waals surface area contributed by atoms with Crippen LogP contribution in [0, 0.1) is 12.7 Å². The predicted molar refractivity (Wildman–Crippen MR) is 59.1 cm³/mol. The van der Waals surface area contributed by atoms with Crippen LogP contribution in [0.1, 0.15) is 30.4 Å². The minimum absolute atomic E-state index is 0.184. The molecule has 1 aliphatic rings. The summed E-state index contributed by atoms with van der Waals surface area (Å²) >= 11 is 0. The van der Waals surface area contributed by atoms with E-state index in [4.69, 9.17) is 10.5 Å². The van der Waals surface area contributed by atoms with Crippen LogP contribution >= 0.6 is 0 Å². The summed E-state index contributed by atoms with van der Waals surface area (Å²) in [6.45, 7) is 1.77. The van der Waals surface area contributed by atoms with Gasteiger partial charge in [0.05, 0.1) is 7.11 Å². The molecule has 0 aromatic heterocycles. The third kappa shape index (κ3) is 1.45. The molecule has 0 saturated heterocycles. The van der Waals surface area contributed by atoms with E-state index < -0.39 is 17.1 Å². The average molecular weight is 225 g/mol. The van der Waals surface area contributed by atoms with Gasteiger partial charge in [-0.25, -0.2) is 4.39 Å². The summed E-state index contributed by atoms with van der Waals surface area (Å²) in [4.78, 5) is 0. The summed E-state index contributed by atoms with van der Waals surface area (Å²) in [5, 5.41) is 9.69. The van der Waals surface area contributed by atoms with Crippen molar-refractivity contribution >= 4 is 0 Å². The maximum Gasteiger partial charge on any atom is 0.194 e. The number of aromatic hydroxyl groups is 1. The molecular weight excluding hydrogens is 209 g/mol. The zero-order valence-corrected chi connectivity index (χ0v) is 9.51. The summed E-state index contributed by atoms with van der Waals surface area (Å²) in [6, 6.07) is 1.67. The molecule has 0 spiro atoms. The van der Waals surface area contributed by atoms with Gasteiger partial charge in [-0.1, -0.05) is 0 Å². The van der Waals surface area contributed by atoms with Gasteiger partial charge in [-0.3, -0.25) is 0 Å². The summed E-state index contributed by atoms with van der Waals surface area (Å²) in [7, 11) is 1.41. The minimum atomic E-state index is -0.648. The Balaban J connectivity index is 2.56. The van der Waals surface area contributed by atoms with E-state index >= 15 is 0 Å². The number of phenolic OH excluding ortho intramolecular Hbond substituents is 1.